The Labute approximate surface area is 229 Å². The van der Waals surface area contributed by atoms with E-state index < -0.39 is 6.10 Å². The molecule has 0 bridgehead atoms. The molecule has 0 radical (unpaired) electrons. The summed E-state index contributed by atoms with van der Waals surface area (Å²) in [6, 6.07) is 0. The van der Waals surface area contributed by atoms with Crippen molar-refractivity contribution in [2.45, 2.75) is 174 Å². The molecule has 0 aliphatic carbocycles. The van der Waals surface area contributed by atoms with Crippen molar-refractivity contribution in [1.29, 1.82) is 0 Å². The lowest BCUT2D eigenvalue weighted by molar-refractivity contribution is -0.157. The second-order valence-electron chi connectivity index (χ2n) is 10.5. The maximum absolute atomic E-state index is 12.1. The van der Waals surface area contributed by atoms with Gasteiger partial charge in [-0.15, -0.1) is 11.6 Å². The van der Waals surface area contributed by atoms with Crippen LogP contribution >= 0.6 is 11.6 Å². The lowest BCUT2D eigenvalue weighted by Gasteiger charge is -2.15. The summed E-state index contributed by atoms with van der Waals surface area (Å²) < 4.78 is 10.7. The quantitative estimate of drug-likeness (QED) is 0.0573. The molecule has 0 aliphatic rings. The first-order valence-corrected chi connectivity index (χ1v) is 16.1. The third-order valence-corrected chi connectivity index (χ3v) is 7.21. The van der Waals surface area contributed by atoms with Gasteiger partial charge in [0.1, 0.15) is 12.7 Å². The summed E-state index contributed by atoms with van der Waals surface area (Å²) in [5, 5.41) is 0. The van der Waals surface area contributed by atoms with Crippen LogP contribution in [0.3, 0.4) is 0 Å². The fourth-order valence-corrected chi connectivity index (χ4v) is 4.63. The Kier molecular flexibility index (Phi) is 28.2. The van der Waals surface area contributed by atoms with Gasteiger partial charge in [-0.2, -0.15) is 0 Å². The second kappa shape index (κ2) is 28.8. The number of hydrogen-bond donors (Lipinski definition) is 0. The van der Waals surface area contributed by atoms with Crippen LogP contribution in [0.25, 0.3) is 0 Å². The number of rotatable bonds is 28. The Morgan fingerprint density at radius 2 is 0.861 bits per heavy atom. The Morgan fingerprint density at radius 1 is 0.528 bits per heavy atom. The van der Waals surface area contributed by atoms with Gasteiger partial charge >= 0.3 is 11.9 Å². The van der Waals surface area contributed by atoms with E-state index in [1.165, 1.54) is 116 Å². The van der Waals surface area contributed by atoms with Crippen LogP contribution in [0.15, 0.2) is 0 Å². The molecule has 0 aliphatic heterocycles. The van der Waals surface area contributed by atoms with E-state index in [4.69, 9.17) is 21.1 Å². The number of carbonyl (C=O) groups is 2. The molecule has 0 spiro atoms. The van der Waals surface area contributed by atoms with E-state index >= 15 is 0 Å². The van der Waals surface area contributed by atoms with Crippen molar-refractivity contribution in [2.24, 2.45) is 0 Å². The molecular weight excluding hydrogens is 472 g/mol. The number of carbonyl (C=O) groups excluding carboxylic acids is 2. The highest BCUT2D eigenvalue weighted by Gasteiger charge is 2.16. The van der Waals surface area contributed by atoms with Crippen molar-refractivity contribution < 1.29 is 19.1 Å². The number of unbranched alkanes of at least 4 members (excludes halogenated alkanes) is 20. The predicted octanol–water partition coefficient (Wildman–Crippen LogP) is 10.1. The van der Waals surface area contributed by atoms with Crippen LogP contribution in [0.4, 0.5) is 0 Å². The van der Waals surface area contributed by atoms with Gasteiger partial charge in [-0.05, 0) is 12.8 Å². The van der Waals surface area contributed by atoms with Crippen LogP contribution in [-0.4, -0.2) is 30.5 Å². The molecule has 4 nitrogen and oxygen atoms in total. The molecule has 0 saturated heterocycles. The summed E-state index contributed by atoms with van der Waals surface area (Å²) in [5.41, 5.74) is 0. The van der Waals surface area contributed by atoms with Gasteiger partial charge in [0.25, 0.3) is 0 Å². The van der Waals surface area contributed by atoms with E-state index in [0.717, 1.165) is 25.7 Å². The van der Waals surface area contributed by atoms with Crippen molar-refractivity contribution >= 4 is 23.5 Å². The summed E-state index contributed by atoms with van der Waals surface area (Å²) >= 11 is 5.92. The van der Waals surface area contributed by atoms with Crippen LogP contribution in [0.5, 0.6) is 0 Å². The molecule has 0 aromatic heterocycles. The largest absolute Gasteiger partial charge is 0.462 e. The standard InChI is InChI=1S/C31H59ClO4/c1-3-5-7-9-11-13-15-17-19-21-23-25-30(33)35-28-29(27-32)36-31(34)26-24-22-20-18-16-14-12-10-8-6-4-2/h29H,3-28H2,1-2H3. The maximum atomic E-state index is 12.1. The third kappa shape index (κ3) is 26.3. The molecule has 5 heteroatoms. The van der Waals surface area contributed by atoms with Gasteiger partial charge < -0.3 is 9.47 Å². The molecule has 0 N–H and O–H groups in total. The van der Waals surface area contributed by atoms with Gasteiger partial charge in [0.15, 0.2) is 0 Å². The molecular formula is C31H59ClO4. The molecule has 0 aromatic rings. The summed E-state index contributed by atoms with van der Waals surface area (Å²) in [6.45, 7) is 4.56. The molecule has 36 heavy (non-hydrogen) atoms. The summed E-state index contributed by atoms with van der Waals surface area (Å²) in [5.74, 6) is -0.309. The maximum Gasteiger partial charge on any atom is 0.306 e. The Hall–Kier alpha value is -0.770. The smallest absolute Gasteiger partial charge is 0.306 e. The molecule has 1 atom stereocenters. The van der Waals surface area contributed by atoms with Crippen molar-refractivity contribution in [3.63, 3.8) is 0 Å². The van der Waals surface area contributed by atoms with Crippen molar-refractivity contribution in [2.75, 3.05) is 12.5 Å². The van der Waals surface area contributed by atoms with E-state index in [1.54, 1.807) is 0 Å². The fourth-order valence-electron chi connectivity index (χ4n) is 4.48. The molecule has 0 amide bonds. The minimum Gasteiger partial charge on any atom is -0.462 e. The molecule has 0 aromatic carbocycles. The Balaban J connectivity index is 3.57. The highest BCUT2D eigenvalue weighted by molar-refractivity contribution is 6.18. The van der Waals surface area contributed by atoms with Crippen LogP contribution < -0.4 is 0 Å². The summed E-state index contributed by atoms with van der Waals surface area (Å²) in [6.07, 6.45) is 27.8. The minimum atomic E-state index is -0.548. The lowest BCUT2D eigenvalue weighted by atomic mass is 10.1. The normalized spacial score (nSPS) is 12.0. The molecule has 0 saturated carbocycles. The monoisotopic (exact) mass is 530 g/mol. The zero-order chi connectivity index (χ0) is 26.5. The zero-order valence-corrected chi connectivity index (χ0v) is 24.7. The van der Waals surface area contributed by atoms with E-state index in [-0.39, 0.29) is 24.4 Å². The number of alkyl halides is 1. The zero-order valence-electron chi connectivity index (χ0n) is 24.0. The van der Waals surface area contributed by atoms with Crippen molar-refractivity contribution in [1.82, 2.24) is 0 Å². The third-order valence-electron chi connectivity index (χ3n) is 6.87. The topological polar surface area (TPSA) is 52.6 Å². The SMILES string of the molecule is CCCCCCCCCCCCCC(=O)OCC(CCl)OC(=O)CCCCCCCCCCCCC. The minimum absolute atomic E-state index is 0.0599. The number of halogens is 1. The predicted molar refractivity (Wildman–Crippen MR) is 154 cm³/mol. The van der Waals surface area contributed by atoms with Gasteiger partial charge in [0.05, 0.1) is 5.88 Å². The van der Waals surface area contributed by atoms with Crippen LogP contribution in [0.1, 0.15) is 168 Å². The van der Waals surface area contributed by atoms with Gasteiger partial charge in [0, 0.05) is 12.8 Å². The average Bonchev–Trinajstić information content (AvgIpc) is 2.88. The van der Waals surface area contributed by atoms with Crippen LogP contribution in [0, 0.1) is 0 Å². The van der Waals surface area contributed by atoms with Gasteiger partial charge in [0.2, 0.25) is 0 Å². The first kappa shape index (κ1) is 35.2. The number of ether oxygens (including phenoxy) is 2. The van der Waals surface area contributed by atoms with E-state index in [0.29, 0.717) is 12.8 Å². The highest BCUT2D eigenvalue weighted by atomic mass is 35.5. The lowest BCUT2D eigenvalue weighted by Crippen LogP contribution is -2.26. The molecule has 214 valence electrons. The van der Waals surface area contributed by atoms with Crippen molar-refractivity contribution in [3.05, 3.63) is 0 Å². The summed E-state index contributed by atoms with van der Waals surface area (Å²) in [4.78, 5) is 24.1. The molecule has 0 fully saturated rings. The molecule has 0 rings (SSSR count). The first-order chi connectivity index (χ1) is 17.6. The molecule has 1 unspecified atom stereocenters. The van der Waals surface area contributed by atoms with Crippen LogP contribution in [0.2, 0.25) is 0 Å². The number of esters is 2. The van der Waals surface area contributed by atoms with E-state index in [1.807, 2.05) is 0 Å². The van der Waals surface area contributed by atoms with E-state index in [2.05, 4.69) is 13.8 Å². The Bertz CT molecular complexity index is 483. The average molecular weight is 531 g/mol. The van der Waals surface area contributed by atoms with Gasteiger partial charge in [-0.3, -0.25) is 9.59 Å². The van der Waals surface area contributed by atoms with Gasteiger partial charge in [-0.1, -0.05) is 142 Å². The van der Waals surface area contributed by atoms with E-state index in [9.17, 15) is 9.59 Å². The summed E-state index contributed by atoms with van der Waals surface area (Å²) in [7, 11) is 0. The molecule has 0 heterocycles. The fraction of sp³-hybridized carbons (Fsp3) is 0.935. The number of hydrogen-bond acceptors (Lipinski definition) is 4. The Morgan fingerprint density at radius 3 is 1.22 bits per heavy atom. The van der Waals surface area contributed by atoms with Gasteiger partial charge in [-0.25, -0.2) is 0 Å². The second-order valence-corrected chi connectivity index (χ2v) is 10.8. The first-order valence-electron chi connectivity index (χ1n) is 15.5. The van der Waals surface area contributed by atoms with Crippen molar-refractivity contribution in [3.8, 4) is 0 Å². The van der Waals surface area contributed by atoms with Crippen LogP contribution in [-0.2, 0) is 19.1 Å². The highest BCUT2D eigenvalue weighted by Crippen LogP contribution is 2.14.